The predicted octanol–water partition coefficient (Wildman–Crippen LogP) is 4.02. The first-order chi connectivity index (χ1) is 12.0. The zero-order valence-electron chi connectivity index (χ0n) is 13.7. The van der Waals surface area contributed by atoms with Gasteiger partial charge in [-0.15, -0.1) is 11.3 Å². The smallest absolute Gasteiger partial charge is 0.263 e. The molecule has 7 heteroatoms. The first-order valence-electron chi connectivity index (χ1n) is 7.61. The molecular formula is C18H16FN3O2S. The highest BCUT2D eigenvalue weighted by Crippen LogP contribution is 2.24. The number of pyridine rings is 1. The molecule has 128 valence electrons. The van der Waals surface area contributed by atoms with Crippen LogP contribution < -0.4 is 10.1 Å². The topological polar surface area (TPSA) is 64.1 Å². The molecule has 2 heterocycles. The molecule has 0 aliphatic heterocycles. The van der Waals surface area contributed by atoms with Crippen molar-refractivity contribution in [1.82, 2.24) is 15.3 Å². The van der Waals surface area contributed by atoms with E-state index in [1.165, 1.54) is 29.7 Å². The molecule has 0 saturated heterocycles. The number of aromatic nitrogens is 2. The van der Waals surface area contributed by atoms with Gasteiger partial charge in [0, 0.05) is 12.7 Å². The molecule has 5 nitrogen and oxygen atoms in total. The van der Waals surface area contributed by atoms with E-state index in [1.807, 2.05) is 6.92 Å². The molecule has 0 saturated carbocycles. The van der Waals surface area contributed by atoms with Crippen LogP contribution in [-0.4, -0.2) is 15.9 Å². The van der Waals surface area contributed by atoms with Crippen LogP contribution in [0.1, 0.15) is 25.9 Å². The Hall–Kier alpha value is -2.80. The molecule has 3 aromatic rings. The van der Waals surface area contributed by atoms with Crippen molar-refractivity contribution < 1.29 is 13.9 Å². The maximum Gasteiger partial charge on any atom is 0.263 e. The second-order valence-electron chi connectivity index (χ2n) is 5.39. The lowest BCUT2D eigenvalue weighted by molar-refractivity contribution is 0.0954. The number of aryl methyl sites for hydroxylation is 2. The van der Waals surface area contributed by atoms with E-state index in [9.17, 15) is 9.18 Å². The third-order valence-electron chi connectivity index (χ3n) is 3.42. The van der Waals surface area contributed by atoms with Crippen molar-refractivity contribution in [3.63, 3.8) is 0 Å². The summed E-state index contributed by atoms with van der Waals surface area (Å²) in [5.41, 5.74) is 1.34. The number of thiazole rings is 1. The van der Waals surface area contributed by atoms with Gasteiger partial charge in [-0.05, 0) is 43.7 Å². The number of carbonyl (C=O) groups excluding carboxylic acids is 1. The number of nitrogens with one attached hydrogen (secondary N) is 1. The summed E-state index contributed by atoms with van der Waals surface area (Å²) >= 11 is 1.34. The van der Waals surface area contributed by atoms with E-state index in [4.69, 9.17) is 4.74 Å². The first-order valence-corrected chi connectivity index (χ1v) is 8.43. The zero-order chi connectivity index (χ0) is 17.8. The van der Waals surface area contributed by atoms with Crippen LogP contribution in [0.25, 0.3) is 0 Å². The number of benzene rings is 1. The van der Waals surface area contributed by atoms with Crippen LogP contribution >= 0.6 is 11.3 Å². The van der Waals surface area contributed by atoms with Gasteiger partial charge < -0.3 is 10.1 Å². The molecule has 1 amide bonds. The van der Waals surface area contributed by atoms with Gasteiger partial charge in [0.25, 0.3) is 5.91 Å². The number of amides is 1. The molecule has 25 heavy (non-hydrogen) atoms. The average Bonchev–Trinajstić information content (AvgIpc) is 2.94. The zero-order valence-corrected chi connectivity index (χ0v) is 14.6. The van der Waals surface area contributed by atoms with Crippen LogP contribution in [-0.2, 0) is 6.54 Å². The molecular weight excluding hydrogens is 341 g/mol. The molecule has 0 aliphatic rings. The molecule has 0 atom stereocenters. The van der Waals surface area contributed by atoms with Crippen molar-refractivity contribution in [2.75, 3.05) is 0 Å². The van der Waals surface area contributed by atoms with Crippen LogP contribution in [0.3, 0.4) is 0 Å². The SMILES string of the molecule is Cc1nc(C)c(C(=O)NCc2ccc(Oc3cccnc3)c(F)c2)s1. The van der Waals surface area contributed by atoms with Crippen molar-refractivity contribution >= 4 is 17.2 Å². The largest absolute Gasteiger partial charge is 0.453 e. The van der Waals surface area contributed by atoms with Crippen LogP contribution in [0.5, 0.6) is 11.5 Å². The lowest BCUT2D eigenvalue weighted by Gasteiger charge is -2.09. The average molecular weight is 357 g/mol. The minimum Gasteiger partial charge on any atom is -0.453 e. The number of halogens is 1. The summed E-state index contributed by atoms with van der Waals surface area (Å²) in [6.07, 6.45) is 3.12. The Morgan fingerprint density at radius 3 is 2.80 bits per heavy atom. The first kappa shape index (κ1) is 17.0. The van der Waals surface area contributed by atoms with Crippen LogP contribution in [0.15, 0.2) is 42.7 Å². The molecule has 1 aromatic carbocycles. The molecule has 0 unspecified atom stereocenters. The Morgan fingerprint density at radius 2 is 2.16 bits per heavy atom. The van der Waals surface area contributed by atoms with Gasteiger partial charge in [-0.1, -0.05) is 6.07 Å². The number of carbonyl (C=O) groups is 1. The highest BCUT2D eigenvalue weighted by atomic mass is 32.1. The van der Waals surface area contributed by atoms with Crippen molar-refractivity contribution in [3.05, 3.63) is 69.7 Å². The van der Waals surface area contributed by atoms with E-state index in [2.05, 4.69) is 15.3 Å². The normalized spacial score (nSPS) is 10.5. The lowest BCUT2D eigenvalue weighted by Crippen LogP contribution is -2.22. The summed E-state index contributed by atoms with van der Waals surface area (Å²) in [5.74, 6) is -0.143. The second-order valence-corrected chi connectivity index (χ2v) is 6.59. The number of hydrogen-bond acceptors (Lipinski definition) is 5. The second kappa shape index (κ2) is 7.40. The maximum atomic E-state index is 14.2. The van der Waals surface area contributed by atoms with Gasteiger partial charge in [-0.25, -0.2) is 9.37 Å². The quantitative estimate of drug-likeness (QED) is 0.749. The fourth-order valence-corrected chi connectivity index (χ4v) is 3.11. The number of nitrogens with zero attached hydrogens (tertiary/aromatic N) is 2. The Bertz CT molecular complexity index is 897. The highest BCUT2D eigenvalue weighted by molar-refractivity contribution is 7.13. The summed E-state index contributed by atoms with van der Waals surface area (Å²) in [5, 5.41) is 3.62. The van der Waals surface area contributed by atoms with Crippen LogP contribution in [0.4, 0.5) is 4.39 Å². The van der Waals surface area contributed by atoms with E-state index < -0.39 is 5.82 Å². The van der Waals surface area contributed by atoms with Gasteiger partial charge in [0.15, 0.2) is 11.6 Å². The van der Waals surface area contributed by atoms with Gasteiger partial charge in [0.05, 0.1) is 16.9 Å². The van der Waals surface area contributed by atoms with Gasteiger partial charge >= 0.3 is 0 Å². The Kier molecular flexibility index (Phi) is 5.04. The van der Waals surface area contributed by atoms with Crippen molar-refractivity contribution in [2.45, 2.75) is 20.4 Å². The Labute approximate surface area is 148 Å². The number of hydrogen-bond donors (Lipinski definition) is 1. The minimum atomic E-state index is -0.500. The molecule has 0 bridgehead atoms. The van der Waals surface area contributed by atoms with Gasteiger partial charge in [0.2, 0.25) is 0 Å². The van der Waals surface area contributed by atoms with Crippen molar-refractivity contribution in [2.24, 2.45) is 0 Å². The summed E-state index contributed by atoms with van der Waals surface area (Å²) in [4.78, 5) is 20.9. The molecule has 0 spiro atoms. The summed E-state index contributed by atoms with van der Waals surface area (Å²) in [6.45, 7) is 3.87. The molecule has 1 N–H and O–H groups in total. The Morgan fingerprint density at radius 1 is 1.32 bits per heavy atom. The summed E-state index contributed by atoms with van der Waals surface area (Å²) in [6, 6.07) is 7.99. The predicted molar refractivity (Wildman–Crippen MR) is 93.5 cm³/mol. The highest BCUT2D eigenvalue weighted by Gasteiger charge is 2.14. The van der Waals surface area contributed by atoms with Gasteiger partial charge in [-0.3, -0.25) is 9.78 Å². The van der Waals surface area contributed by atoms with E-state index >= 15 is 0 Å². The van der Waals surface area contributed by atoms with E-state index in [1.54, 1.807) is 31.3 Å². The van der Waals surface area contributed by atoms with Crippen molar-refractivity contribution in [1.29, 1.82) is 0 Å². The van der Waals surface area contributed by atoms with Gasteiger partial charge in [0.1, 0.15) is 10.6 Å². The number of rotatable bonds is 5. The fraction of sp³-hybridized carbons (Fsp3) is 0.167. The van der Waals surface area contributed by atoms with Gasteiger partial charge in [-0.2, -0.15) is 0 Å². The fourth-order valence-electron chi connectivity index (χ4n) is 2.28. The summed E-state index contributed by atoms with van der Waals surface area (Å²) < 4.78 is 19.6. The molecule has 0 fully saturated rings. The van der Waals surface area contributed by atoms with Crippen LogP contribution in [0.2, 0.25) is 0 Å². The van der Waals surface area contributed by atoms with E-state index in [-0.39, 0.29) is 18.2 Å². The molecule has 2 aromatic heterocycles. The van der Waals surface area contributed by atoms with E-state index in [0.29, 0.717) is 21.9 Å². The number of ether oxygens (including phenoxy) is 1. The van der Waals surface area contributed by atoms with E-state index in [0.717, 1.165) is 5.01 Å². The van der Waals surface area contributed by atoms with Crippen molar-refractivity contribution in [3.8, 4) is 11.5 Å². The monoisotopic (exact) mass is 357 g/mol. The third-order valence-corrected chi connectivity index (χ3v) is 4.49. The maximum absolute atomic E-state index is 14.2. The lowest BCUT2D eigenvalue weighted by atomic mass is 10.2. The third kappa shape index (κ3) is 4.19. The Balaban J connectivity index is 1.65. The summed E-state index contributed by atoms with van der Waals surface area (Å²) in [7, 11) is 0. The molecule has 0 aliphatic carbocycles. The molecule has 0 radical (unpaired) electrons. The van der Waals surface area contributed by atoms with Crippen LogP contribution in [0, 0.1) is 19.7 Å². The minimum absolute atomic E-state index is 0.108. The molecule has 3 rings (SSSR count). The standard InChI is InChI=1S/C18H16FN3O2S/c1-11-17(25-12(2)22-11)18(23)21-9-13-5-6-16(15(19)8-13)24-14-4-3-7-20-10-14/h3-8,10H,9H2,1-2H3,(H,21,23).